The summed E-state index contributed by atoms with van der Waals surface area (Å²) in [6, 6.07) is 7.84. The molecule has 7 heteroatoms. The van der Waals surface area contributed by atoms with Gasteiger partial charge >= 0.3 is 0 Å². The third-order valence-corrected chi connectivity index (χ3v) is 4.97. The van der Waals surface area contributed by atoms with Crippen molar-refractivity contribution in [1.29, 1.82) is 0 Å². The van der Waals surface area contributed by atoms with Gasteiger partial charge in [-0.3, -0.25) is 9.48 Å². The van der Waals surface area contributed by atoms with E-state index in [0.717, 1.165) is 34.3 Å². The third kappa shape index (κ3) is 3.84. The highest BCUT2D eigenvalue weighted by molar-refractivity contribution is 5.86. The van der Waals surface area contributed by atoms with E-state index in [0.29, 0.717) is 32.1 Å². The zero-order chi connectivity index (χ0) is 19.5. The number of rotatable bonds is 5. The molecule has 1 amide bonds. The minimum atomic E-state index is -0.0201. The molecule has 0 atom stereocenters. The molecule has 146 valence electrons. The summed E-state index contributed by atoms with van der Waals surface area (Å²) < 4.78 is 12.9. The van der Waals surface area contributed by atoms with Crippen molar-refractivity contribution in [3.05, 3.63) is 42.2 Å². The number of pyridine rings is 1. The van der Waals surface area contributed by atoms with E-state index in [2.05, 4.69) is 25.0 Å². The molecule has 0 radical (unpaired) electrons. The lowest BCUT2D eigenvalue weighted by Crippen LogP contribution is -2.42. The molecule has 0 unspecified atom stereocenters. The summed E-state index contributed by atoms with van der Waals surface area (Å²) >= 11 is 0. The summed E-state index contributed by atoms with van der Waals surface area (Å²) in [4.78, 5) is 18.8. The number of nitrogens with zero attached hydrogens (tertiary/aromatic N) is 4. The fourth-order valence-corrected chi connectivity index (χ4v) is 3.34. The second-order valence-electron chi connectivity index (χ2n) is 6.87. The van der Waals surface area contributed by atoms with Crippen LogP contribution in [0.4, 0.5) is 0 Å². The van der Waals surface area contributed by atoms with Crippen LogP contribution in [0.15, 0.2) is 36.7 Å². The van der Waals surface area contributed by atoms with Crippen molar-refractivity contribution < 1.29 is 14.3 Å². The molecule has 1 aromatic carbocycles. The third-order valence-electron chi connectivity index (χ3n) is 4.97. The van der Waals surface area contributed by atoms with E-state index in [1.165, 1.54) is 0 Å². The molecule has 1 saturated heterocycles. The molecule has 0 saturated carbocycles. The first-order valence-electron chi connectivity index (χ1n) is 9.56. The van der Waals surface area contributed by atoms with E-state index in [-0.39, 0.29) is 12.5 Å². The van der Waals surface area contributed by atoms with Crippen LogP contribution in [0.5, 0.6) is 5.75 Å². The van der Waals surface area contributed by atoms with Gasteiger partial charge in [0.1, 0.15) is 5.75 Å². The first-order valence-corrected chi connectivity index (χ1v) is 9.56. The monoisotopic (exact) mass is 380 g/mol. The van der Waals surface area contributed by atoms with E-state index in [4.69, 9.17) is 14.5 Å². The summed E-state index contributed by atoms with van der Waals surface area (Å²) in [5.74, 6) is 0.621. The fraction of sp³-hybridized carbons (Fsp3) is 0.381. The van der Waals surface area contributed by atoms with E-state index >= 15 is 0 Å². The molecule has 4 rings (SSSR count). The second-order valence-corrected chi connectivity index (χ2v) is 6.87. The summed E-state index contributed by atoms with van der Waals surface area (Å²) in [5.41, 5.74) is 3.85. The van der Waals surface area contributed by atoms with Crippen LogP contribution in [0.2, 0.25) is 0 Å². The Bertz CT molecular complexity index is 992. The van der Waals surface area contributed by atoms with E-state index < -0.39 is 0 Å². The van der Waals surface area contributed by atoms with Crippen LogP contribution in [0.1, 0.15) is 12.5 Å². The van der Waals surface area contributed by atoms with Gasteiger partial charge in [0, 0.05) is 42.8 Å². The van der Waals surface area contributed by atoms with Crippen molar-refractivity contribution in [3.63, 3.8) is 0 Å². The van der Waals surface area contributed by atoms with Crippen LogP contribution in [0.25, 0.3) is 22.2 Å². The van der Waals surface area contributed by atoms with Crippen LogP contribution < -0.4 is 4.74 Å². The molecule has 2 aromatic heterocycles. The Balaban J connectivity index is 1.54. The first-order chi connectivity index (χ1) is 13.6. The lowest BCUT2D eigenvalue weighted by Gasteiger charge is -2.26. The largest absolute Gasteiger partial charge is 0.484 e. The van der Waals surface area contributed by atoms with Crippen molar-refractivity contribution in [1.82, 2.24) is 19.7 Å². The molecule has 28 heavy (non-hydrogen) atoms. The van der Waals surface area contributed by atoms with Gasteiger partial charge in [0.15, 0.2) is 6.61 Å². The molecular weight excluding hydrogens is 356 g/mol. The Morgan fingerprint density at radius 3 is 2.82 bits per heavy atom. The van der Waals surface area contributed by atoms with Gasteiger partial charge in [-0.25, -0.2) is 4.98 Å². The predicted octanol–water partition coefficient (Wildman–Crippen LogP) is 2.66. The van der Waals surface area contributed by atoms with Gasteiger partial charge in [-0.2, -0.15) is 5.10 Å². The summed E-state index contributed by atoms with van der Waals surface area (Å²) in [6.45, 7) is 7.38. The second kappa shape index (κ2) is 7.98. The molecule has 1 aliphatic rings. The molecule has 0 spiro atoms. The number of hydrogen-bond acceptors (Lipinski definition) is 5. The number of ether oxygens (including phenoxy) is 2. The van der Waals surface area contributed by atoms with Gasteiger partial charge in [0.25, 0.3) is 5.91 Å². The molecule has 0 bridgehead atoms. The number of benzene rings is 1. The number of carbonyl (C=O) groups excluding carboxylic acids is 1. The molecule has 0 aliphatic carbocycles. The predicted molar refractivity (Wildman–Crippen MR) is 106 cm³/mol. The maximum absolute atomic E-state index is 12.3. The fourth-order valence-electron chi connectivity index (χ4n) is 3.34. The Labute approximate surface area is 163 Å². The van der Waals surface area contributed by atoms with Gasteiger partial charge in [-0.15, -0.1) is 0 Å². The Morgan fingerprint density at radius 1 is 1.25 bits per heavy atom. The van der Waals surface area contributed by atoms with Crippen molar-refractivity contribution in [2.45, 2.75) is 20.4 Å². The van der Waals surface area contributed by atoms with Gasteiger partial charge in [0.2, 0.25) is 0 Å². The maximum atomic E-state index is 12.3. The van der Waals surface area contributed by atoms with E-state index in [1.54, 1.807) is 4.90 Å². The van der Waals surface area contributed by atoms with Crippen LogP contribution in [-0.4, -0.2) is 58.5 Å². The van der Waals surface area contributed by atoms with Gasteiger partial charge in [0.05, 0.1) is 30.6 Å². The number of aromatic nitrogens is 3. The van der Waals surface area contributed by atoms with Crippen LogP contribution in [-0.2, 0) is 16.1 Å². The first kappa shape index (κ1) is 18.4. The van der Waals surface area contributed by atoms with Crippen molar-refractivity contribution in [2.24, 2.45) is 0 Å². The van der Waals surface area contributed by atoms with Crippen LogP contribution in [0.3, 0.4) is 0 Å². The lowest BCUT2D eigenvalue weighted by atomic mass is 10.1. The molecule has 3 aromatic rings. The average molecular weight is 380 g/mol. The van der Waals surface area contributed by atoms with Gasteiger partial charge < -0.3 is 14.4 Å². The number of morpholine rings is 1. The van der Waals surface area contributed by atoms with Crippen LogP contribution >= 0.6 is 0 Å². The van der Waals surface area contributed by atoms with Crippen LogP contribution in [0, 0.1) is 6.92 Å². The van der Waals surface area contributed by atoms with Crippen molar-refractivity contribution in [2.75, 3.05) is 32.9 Å². The quantitative estimate of drug-likeness (QED) is 0.681. The number of carbonyl (C=O) groups is 1. The summed E-state index contributed by atoms with van der Waals surface area (Å²) in [7, 11) is 0. The molecular formula is C21H24N4O3. The highest BCUT2D eigenvalue weighted by atomic mass is 16.5. The maximum Gasteiger partial charge on any atom is 0.260 e. The van der Waals surface area contributed by atoms with Gasteiger partial charge in [-0.05, 0) is 37.6 Å². The number of aryl methyl sites for hydroxylation is 2. The number of hydrogen-bond donors (Lipinski definition) is 0. The Kier molecular flexibility index (Phi) is 5.25. The SMILES string of the molecule is CCn1cc(-c2cc(C)c3ccc(OCC(=O)N4CCOCC4)cc3n2)cn1. The number of fused-ring (bicyclic) bond motifs is 1. The standard InChI is InChI=1S/C21H24N4O3/c1-3-25-13-16(12-22-25)19-10-15(2)18-5-4-17(11-20(18)23-19)28-14-21(26)24-6-8-27-9-7-24/h4-5,10-13H,3,6-9,14H2,1-2H3. The van der Waals surface area contributed by atoms with Crippen molar-refractivity contribution >= 4 is 16.8 Å². The average Bonchev–Trinajstić information content (AvgIpc) is 3.22. The molecule has 1 aliphatic heterocycles. The molecule has 1 fully saturated rings. The molecule has 0 N–H and O–H groups in total. The molecule has 7 nitrogen and oxygen atoms in total. The van der Waals surface area contributed by atoms with Crippen molar-refractivity contribution in [3.8, 4) is 17.0 Å². The molecule has 3 heterocycles. The summed E-state index contributed by atoms with van der Waals surface area (Å²) in [6.07, 6.45) is 3.83. The highest BCUT2D eigenvalue weighted by Gasteiger charge is 2.17. The smallest absolute Gasteiger partial charge is 0.260 e. The normalized spacial score (nSPS) is 14.4. The van der Waals surface area contributed by atoms with E-state index in [1.807, 2.05) is 35.3 Å². The lowest BCUT2D eigenvalue weighted by molar-refractivity contribution is -0.137. The Morgan fingerprint density at radius 2 is 2.07 bits per heavy atom. The number of amides is 1. The Hall–Kier alpha value is -2.93. The zero-order valence-corrected chi connectivity index (χ0v) is 16.2. The minimum Gasteiger partial charge on any atom is -0.484 e. The minimum absolute atomic E-state index is 0.0201. The topological polar surface area (TPSA) is 69.5 Å². The van der Waals surface area contributed by atoms with E-state index in [9.17, 15) is 4.79 Å². The zero-order valence-electron chi connectivity index (χ0n) is 16.2. The highest BCUT2D eigenvalue weighted by Crippen LogP contribution is 2.27. The van der Waals surface area contributed by atoms with Gasteiger partial charge in [-0.1, -0.05) is 0 Å². The summed E-state index contributed by atoms with van der Waals surface area (Å²) in [5, 5.41) is 5.40.